The number of benzene rings is 3. The number of nitrogens with two attached hydrogens (primary N) is 1. The first-order valence-corrected chi connectivity index (χ1v) is 16.1. The minimum atomic E-state index is -4.00. The largest absolute Gasteiger partial charge is 0.480 e. The third kappa shape index (κ3) is 7.70. The smallest absolute Gasteiger partial charge is 0.324 e. The fourth-order valence-corrected chi connectivity index (χ4v) is 6.68. The van der Waals surface area contributed by atoms with Gasteiger partial charge in [-0.1, -0.05) is 50.2 Å². The summed E-state index contributed by atoms with van der Waals surface area (Å²) in [7, 11) is -0.861. The number of aliphatic hydroxyl groups excluding tert-OH is 1. The first-order chi connectivity index (χ1) is 21.1. The van der Waals surface area contributed by atoms with Gasteiger partial charge in [-0.15, -0.1) is 0 Å². The number of ether oxygens (including phenoxy) is 2. The van der Waals surface area contributed by atoms with Gasteiger partial charge in [-0.2, -0.15) is 4.31 Å². The summed E-state index contributed by atoms with van der Waals surface area (Å²) < 4.78 is 54.3. The Kier molecular flexibility index (Phi) is 10.3. The number of rotatable bonds is 12. The third-order valence-electron chi connectivity index (χ3n) is 7.71. The maximum Gasteiger partial charge on any atom is 0.324 e. The number of halogens is 1. The van der Waals surface area contributed by atoms with Crippen LogP contribution in [0, 0.1) is 11.7 Å². The highest BCUT2D eigenvalue weighted by atomic mass is 32.2. The third-order valence-corrected chi connectivity index (χ3v) is 9.50. The zero-order valence-electron chi connectivity index (χ0n) is 26.0. The molecule has 3 aromatic rings. The lowest BCUT2D eigenvalue weighted by Crippen LogP contribution is -2.64. The molecule has 12 heteroatoms. The average Bonchev–Trinajstić information content (AvgIpc) is 2.97. The van der Waals surface area contributed by atoms with Gasteiger partial charge in [0, 0.05) is 14.1 Å². The molecule has 10 nitrogen and oxygen atoms in total. The molecule has 4 rings (SSSR count). The van der Waals surface area contributed by atoms with E-state index in [2.05, 4.69) is 0 Å². The number of carbonyl (C=O) groups excluding carboxylic acids is 2. The van der Waals surface area contributed by atoms with Crippen LogP contribution in [-0.2, 0) is 36.4 Å². The zero-order valence-corrected chi connectivity index (χ0v) is 26.8. The van der Waals surface area contributed by atoms with Crippen LogP contribution in [-0.4, -0.2) is 73.9 Å². The highest BCUT2D eigenvalue weighted by Crippen LogP contribution is 2.40. The maximum atomic E-state index is 13.8. The number of likely N-dealkylation sites (N-methyl/N-ethyl adjacent to an activating group) is 1. The Hall–Kier alpha value is -3.84. The number of hydrogen-bond donors (Lipinski definition) is 2. The molecule has 1 aliphatic rings. The molecule has 1 heterocycles. The summed E-state index contributed by atoms with van der Waals surface area (Å²) >= 11 is 0. The standard InChI is InChI=1S/C33H40FN3O7S/c1-21(2)30(31(39)36(4)5)43-32(40)29(35)17-23-8-6-11-28(16-23)45(41,42)37-19-33(20-37,25-12-14-26(34)15-13-25)44-27-10-7-9-24(18-27)22(3)38/h6-16,18,21-22,29-30,38H,17,19-20,35H2,1-5H3/t22?,29-,30?/m0/s1. The lowest BCUT2D eigenvalue weighted by Gasteiger charge is -2.49. The van der Waals surface area contributed by atoms with Crippen molar-refractivity contribution in [2.75, 3.05) is 27.2 Å². The fraction of sp³-hybridized carbons (Fsp3) is 0.394. The van der Waals surface area contributed by atoms with Gasteiger partial charge in [0.2, 0.25) is 10.0 Å². The summed E-state index contributed by atoms with van der Waals surface area (Å²) in [6, 6.07) is 17.6. The Bertz CT molecular complexity index is 1620. The van der Waals surface area contributed by atoms with Crippen molar-refractivity contribution in [1.82, 2.24) is 9.21 Å². The molecule has 0 aliphatic carbocycles. The van der Waals surface area contributed by atoms with E-state index in [-0.39, 0.29) is 36.2 Å². The van der Waals surface area contributed by atoms with Crippen LogP contribution in [0.1, 0.15) is 43.6 Å². The normalized spacial score (nSPS) is 16.7. The monoisotopic (exact) mass is 641 g/mol. The molecular weight excluding hydrogens is 601 g/mol. The lowest BCUT2D eigenvalue weighted by atomic mass is 9.87. The number of aliphatic hydroxyl groups is 1. The van der Waals surface area contributed by atoms with E-state index in [9.17, 15) is 27.5 Å². The zero-order chi connectivity index (χ0) is 33.1. The molecule has 1 amide bonds. The van der Waals surface area contributed by atoms with Crippen molar-refractivity contribution in [3.05, 3.63) is 95.3 Å². The van der Waals surface area contributed by atoms with E-state index in [1.165, 1.54) is 33.5 Å². The molecule has 0 aromatic heterocycles. The first kappa shape index (κ1) is 34.0. The highest BCUT2D eigenvalue weighted by Gasteiger charge is 2.52. The minimum absolute atomic E-state index is 0.00668. The van der Waals surface area contributed by atoms with Crippen LogP contribution < -0.4 is 10.5 Å². The SMILES string of the molecule is CC(O)c1cccc(OC2(c3ccc(F)cc3)CN(S(=O)(=O)c3cccc(C[C@H](N)C(=O)OC(C(=O)N(C)C)C(C)C)c3)C2)c1. The van der Waals surface area contributed by atoms with Gasteiger partial charge in [-0.3, -0.25) is 9.59 Å². The fourth-order valence-electron chi connectivity index (χ4n) is 5.07. The summed E-state index contributed by atoms with van der Waals surface area (Å²) in [6.07, 6.45) is -1.73. The molecule has 0 spiro atoms. The molecule has 3 N–H and O–H groups in total. The summed E-state index contributed by atoms with van der Waals surface area (Å²) in [4.78, 5) is 26.6. The van der Waals surface area contributed by atoms with Crippen molar-refractivity contribution < 1.29 is 37.0 Å². The van der Waals surface area contributed by atoms with Crippen molar-refractivity contribution in [3.8, 4) is 5.75 Å². The Balaban J connectivity index is 1.52. The van der Waals surface area contributed by atoms with Gasteiger partial charge < -0.3 is 25.2 Å². The Morgan fingerprint density at radius 1 is 1.02 bits per heavy atom. The molecule has 45 heavy (non-hydrogen) atoms. The van der Waals surface area contributed by atoms with Crippen LogP contribution >= 0.6 is 0 Å². The predicted molar refractivity (Wildman–Crippen MR) is 166 cm³/mol. The number of amides is 1. The van der Waals surface area contributed by atoms with Crippen LogP contribution in [0.2, 0.25) is 0 Å². The van der Waals surface area contributed by atoms with Crippen molar-refractivity contribution in [1.29, 1.82) is 0 Å². The van der Waals surface area contributed by atoms with E-state index in [1.54, 1.807) is 83.4 Å². The number of esters is 1. The van der Waals surface area contributed by atoms with E-state index in [0.29, 0.717) is 22.4 Å². The molecule has 2 unspecified atom stereocenters. The number of hydrogen-bond acceptors (Lipinski definition) is 8. The Morgan fingerprint density at radius 3 is 2.27 bits per heavy atom. The van der Waals surface area contributed by atoms with E-state index >= 15 is 0 Å². The van der Waals surface area contributed by atoms with Crippen molar-refractivity contribution >= 4 is 21.9 Å². The van der Waals surface area contributed by atoms with Crippen molar-refractivity contribution in [3.63, 3.8) is 0 Å². The van der Waals surface area contributed by atoms with Gasteiger partial charge in [0.25, 0.3) is 5.91 Å². The second-order valence-corrected chi connectivity index (χ2v) is 13.9. The van der Waals surface area contributed by atoms with Crippen molar-refractivity contribution in [2.24, 2.45) is 11.7 Å². The molecule has 0 bridgehead atoms. The molecule has 3 atom stereocenters. The Labute approximate surface area is 263 Å². The molecule has 3 aromatic carbocycles. The Morgan fingerprint density at radius 2 is 1.67 bits per heavy atom. The van der Waals surface area contributed by atoms with Crippen LogP contribution in [0.3, 0.4) is 0 Å². The molecule has 0 radical (unpaired) electrons. The van der Waals surface area contributed by atoms with Gasteiger partial charge in [0.05, 0.1) is 24.1 Å². The van der Waals surface area contributed by atoms with Gasteiger partial charge in [-0.25, -0.2) is 12.8 Å². The molecule has 242 valence electrons. The molecule has 0 saturated carbocycles. The second kappa shape index (κ2) is 13.7. The number of carbonyl (C=O) groups is 2. The molecule has 1 saturated heterocycles. The first-order valence-electron chi connectivity index (χ1n) is 14.6. The summed E-state index contributed by atoms with van der Waals surface area (Å²) in [6.45, 7) is 5.05. The summed E-state index contributed by atoms with van der Waals surface area (Å²) in [5.41, 5.74) is 6.76. The average molecular weight is 642 g/mol. The summed E-state index contributed by atoms with van der Waals surface area (Å²) in [5, 5.41) is 10.0. The maximum absolute atomic E-state index is 13.8. The molecular formula is C33H40FN3O7S. The summed E-state index contributed by atoms with van der Waals surface area (Å²) in [5.74, 6) is -1.39. The van der Waals surface area contributed by atoms with Crippen LogP contribution in [0.4, 0.5) is 4.39 Å². The van der Waals surface area contributed by atoms with E-state index < -0.39 is 45.7 Å². The van der Waals surface area contributed by atoms with E-state index in [1.807, 2.05) is 0 Å². The number of nitrogens with zero attached hydrogens (tertiary/aromatic N) is 2. The molecule has 1 aliphatic heterocycles. The van der Waals surface area contributed by atoms with Gasteiger partial charge >= 0.3 is 5.97 Å². The lowest BCUT2D eigenvalue weighted by molar-refractivity contribution is -0.163. The minimum Gasteiger partial charge on any atom is -0.480 e. The highest BCUT2D eigenvalue weighted by molar-refractivity contribution is 7.89. The van der Waals surface area contributed by atoms with Gasteiger partial charge in [0.15, 0.2) is 11.7 Å². The second-order valence-electron chi connectivity index (χ2n) is 11.9. The van der Waals surface area contributed by atoms with Crippen LogP contribution in [0.15, 0.2) is 77.7 Å². The molecule has 1 fully saturated rings. The van der Waals surface area contributed by atoms with Crippen molar-refractivity contribution in [2.45, 2.75) is 55.9 Å². The van der Waals surface area contributed by atoms with Crippen LogP contribution in [0.25, 0.3) is 0 Å². The predicted octanol–water partition coefficient (Wildman–Crippen LogP) is 3.38. The number of sulfonamides is 1. The topological polar surface area (TPSA) is 139 Å². The van der Waals surface area contributed by atoms with E-state index in [4.69, 9.17) is 15.2 Å². The quantitative estimate of drug-likeness (QED) is 0.287. The van der Waals surface area contributed by atoms with Gasteiger partial charge in [-0.05, 0) is 72.4 Å². The van der Waals surface area contributed by atoms with Crippen LogP contribution in [0.5, 0.6) is 5.75 Å². The van der Waals surface area contributed by atoms with E-state index in [0.717, 1.165) is 0 Å². The van der Waals surface area contributed by atoms with Gasteiger partial charge in [0.1, 0.15) is 17.6 Å².